The van der Waals surface area contributed by atoms with Gasteiger partial charge in [-0.3, -0.25) is 0 Å². The van der Waals surface area contributed by atoms with Crippen LogP contribution in [-0.4, -0.2) is 19.8 Å². The molecule has 0 aromatic heterocycles. The molecule has 4 heteroatoms. The van der Waals surface area contributed by atoms with Gasteiger partial charge in [0.15, 0.2) is 0 Å². The van der Waals surface area contributed by atoms with Gasteiger partial charge in [-0.25, -0.2) is 8.51 Å². The van der Waals surface area contributed by atoms with Crippen LogP contribution >= 0.6 is 15.9 Å². The van der Waals surface area contributed by atoms with Crippen LogP contribution < -0.4 is 0 Å². The summed E-state index contributed by atoms with van der Waals surface area (Å²) in [6, 6.07) is 8.69. The lowest BCUT2D eigenvalue weighted by molar-refractivity contribution is 0.416. The van der Waals surface area contributed by atoms with Crippen molar-refractivity contribution in [3.8, 4) is 0 Å². The summed E-state index contributed by atoms with van der Waals surface area (Å²) in [5.41, 5.74) is 1.27. The Kier molecular flexibility index (Phi) is 4.29. The van der Waals surface area contributed by atoms with E-state index < -0.39 is 11.0 Å². The molecule has 0 bridgehead atoms. The summed E-state index contributed by atoms with van der Waals surface area (Å²) < 4.78 is 15.6. The van der Waals surface area contributed by atoms with Crippen molar-refractivity contribution in [2.24, 2.45) is 0 Å². The molecule has 1 unspecified atom stereocenters. The van der Waals surface area contributed by atoms with E-state index in [1.807, 2.05) is 20.8 Å². The van der Waals surface area contributed by atoms with Gasteiger partial charge in [-0.05, 0) is 51.3 Å². The largest absolute Gasteiger partial charge is 0.242 e. The van der Waals surface area contributed by atoms with Crippen LogP contribution in [0.15, 0.2) is 28.7 Å². The lowest BCUT2D eigenvalue weighted by Crippen LogP contribution is -2.37. The zero-order valence-corrected chi connectivity index (χ0v) is 13.6. The number of halogens is 1. The zero-order valence-electron chi connectivity index (χ0n) is 11.1. The highest BCUT2D eigenvalue weighted by Gasteiger charge is 2.35. The van der Waals surface area contributed by atoms with E-state index in [-0.39, 0.29) is 4.75 Å². The molecule has 0 spiro atoms. The fourth-order valence-corrected chi connectivity index (χ4v) is 4.03. The number of hydrogen-bond donors (Lipinski definition) is 0. The van der Waals surface area contributed by atoms with Crippen LogP contribution in [0.1, 0.15) is 45.2 Å². The van der Waals surface area contributed by atoms with E-state index in [4.69, 9.17) is 0 Å². The van der Waals surface area contributed by atoms with Gasteiger partial charge in [0.2, 0.25) is 0 Å². The van der Waals surface area contributed by atoms with Crippen molar-refractivity contribution >= 4 is 26.9 Å². The molecule has 0 saturated carbocycles. The third-order valence-electron chi connectivity index (χ3n) is 3.20. The predicted molar refractivity (Wildman–Crippen MR) is 80.7 cm³/mol. The second-order valence-electron chi connectivity index (χ2n) is 5.71. The minimum absolute atomic E-state index is 0.183. The first-order valence-corrected chi connectivity index (χ1v) is 8.23. The molecular weight excluding hydrogens is 310 g/mol. The molecule has 0 radical (unpaired) electrons. The van der Waals surface area contributed by atoms with Crippen LogP contribution in [0.3, 0.4) is 0 Å². The quantitative estimate of drug-likeness (QED) is 0.801. The fraction of sp³-hybridized carbons (Fsp3) is 0.571. The molecule has 2 rings (SSSR count). The van der Waals surface area contributed by atoms with E-state index >= 15 is 0 Å². The first kappa shape index (κ1) is 14.2. The van der Waals surface area contributed by atoms with Crippen molar-refractivity contribution in [2.75, 3.05) is 6.54 Å². The van der Waals surface area contributed by atoms with Crippen molar-refractivity contribution in [2.45, 2.75) is 44.4 Å². The standard InChI is InChI=1S/C14H20BrNOS/c1-14(2,3)18(17)16-10-4-5-13(16)11-6-8-12(15)9-7-11/h6-9,13H,4-5,10H2,1-3H3/t13-,18?/m0/s1. The summed E-state index contributed by atoms with van der Waals surface area (Å²) in [6.07, 6.45) is 2.23. The topological polar surface area (TPSA) is 20.3 Å². The Hall–Kier alpha value is -0.190. The van der Waals surface area contributed by atoms with E-state index in [0.29, 0.717) is 6.04 Å². The maximum absolute atomic E-state index is 12.5. The molecule has 1 aliphatic heterocycles. The van der Waals surface area contributed by atoms with Crippen LogP contribution in [0.25, 0.3) is 0 Å². The van der Waals surface area contributed by atoms with Gasteiger partial charge in [0, 0.05) is 17.1 Å². The van der Waals surface area contributed by atoms with E-state index in [0.717, 1.165) is 23.9 Å². The molecule has 0 amide bonds. The van der Waals surface area contributed by atoms with E-state index in [2.05, 4.69) is 44.5 Å². The van der Waals surface area contributed by atoms with Crippen molar-refractivity contribution < 1.29 is 4.21 Å². The number of rotatable bonds is 2. The fourth-order valence-electron chi connectivity index (χ4n) is 2.31. The minimum Gasteiger partial charge on any atom is -0.242 e. The van der Waals surface area contributed by atoms with Gasteiger partial charge in [0.25, 0.3) is 0 Å². The average molecular weight is 330 g/mol. The summed E-state index contributed by atoms with van der Waals surface area (Å²) in [5.74, 6) is 0. The molecule has 0 N–H and O–H groups in total. The number of benzene rings is 1. The van der Waals surface area contributed by atoms with Gasteiger partial charge >= 0.3 is 0 Å². The summed E-state index contributed by atoms with van der Waals surface area (Å²) in [7, 11) is -0.927. The molecule has 1 fully saturated rings. The van der Waals surface area contributed by atoms with Crippen molar-refractivity contribution in [1.29, 1.82) is 0 Å². The van der Waals surface area contributed by atoms with Gasteiger partial charge < -0.3 is 0 Å². The van der Waals surface area contributed by atoms with Gasteiger partial charge in [-0.1, -0.05) is 28.1 Å². The maximum atomic E-state index is 12.5. The molecule has 0 aliphatic carbocycles. The molecule has 1 aliphatic rings. The molecule has 2 nitrogen and oxygen atoms in total. The van der Waals surface area contributed by atoms with Crippen molar-refractivity contribution in [3.63, 3.8) is 0 Å². The highest BCUT2D eigenvalue weighted by Crippen LogP contribution is 2.36. The smallest absolute Gasteiger partial charge is 0.100 e. The maximum Gasteiger partial charge on any atom is 0.100 e. The molecule has 1 saturated heterocycles. The van der Waals surface area contributed by atoms with Crippen molar-refractivity contribution in [1.82, 2.24) is 4.31 Å². The summed E-state index contributed by atoms with van der Waals surface area (Å²) in [5, 5.41) is 0. The van der Waals surface area contributed by atoms with Crippen LogP contribution in [0.4, 0.5) is 0 Å². The Morgan fingerprint density at radius 2 is 1.89 bits per heavy atom. The molecule has 18 heavy (non-hydrogen) atoms. The SMILES string of the molecule is CC(C)(C)S(=O)N1CCC[C@H]1c1ccc(Br)cc1. The third-order valence-corrected chi connectivity index (χ3v) is 5.63. The summed E-state index contributed by atoms with van der Waals surface area (Å²) in [4.78, 5) is 0. The van der Waals surface area contributed by atoms with Crippen LogP contribution in [-0.2, 0) is 11.0 Å². The Morgan fingerprint density at radius 3 is 2.44 bits per heavy atom. The highest BCUT2D eigenvalue weighted by atomic mass is 79.9. The summed E-state index contributed by atoms with van der Waals surface area (Å²) >= 11 is 3.46. The lowest BCUT2D eigenvalue weighted by atomic mass is 10.1. The van der Waals surface area contributed by atoms with Gasteiger partial charge in [-0.2, -0.15) is 0 Å². The molecule has 1 aromatic rings. The van der Waals surface area contributed by atoms with Gasteiger partial charge in [-0.15, -0.1) is 0 Å². The third kappa shape index (κ3) is 3.03. The Labute approximate surface area is 120 Å². The normalized spacial score (nSPS) is 23.2. The Bertz CT molecular complexity index is 438. The molecule has 1 heterocycles. The predicted octanol–water partition coefficient (Wildman–Crippen LogP) is 4.05. The molecule has 2 atom stereocenters. The lowest BCUT2D eigenvalue weighted by Gasteiger charge is -2.30. The number of nitrogens with zero attached hydrogens (tertiary/aromatic N) is 1. The Balaban J connectivity index is 2.22. The van der Waals surface area contributed by atoms with E-state index in [1.54, 1.807) is 0 Å². The second kappa shape index (κ2) is 5.43. The van der Waals surface area contributed by atoms with Gasteiger partial charge in [0.1, 0.15) is 11.0 Å². The Morgan fingerprint density at radius 1 is 1.28 bits per heavy atom. The first-order chi connectivity index (χ1) is 8.39. The molecular formula is C14H20BrNOS. The number of hydrogen-bond acceptors (Lipinski definition) is 1. The van der Waals surface area contributed by atoms with Gasteiger partial charge in [0.05, 0.1) is 4.75 Å². The van der Waals surface area contributed by atoms with Crippen LogP contribution in [0.5, 0.6) is 0 Å². The molecule has 100 valence electrons. The highest BCUT2D eigenvalue weighted by molar-refractivity contribution is 9.10. The minimum atomic E-state index is -0.927. The summed E-state index contributed by atoms with van der Waals surface area (Å²) in [6.45, 7) is 7.06. The molecule has 1 aromatic carbocycles. The average Bonchev–Trinajstić information content (AvgIpc) is 2.76. The van der Waals surface area contributed by atoms with Crippen molar-refractivity contribution in [3.05, 3.63) is 34.3 Å². The van der Waals surface area contributed by atoms with E-state index in [1.165, 1.54) is 5.56 Å². The second-order valence-corrected chi connectivity index (χ2v) is 8.82. The first-order valence-electron chi connectivity index (χ1n) is 6.34. The van der Waals surface area contributed by atoms with Crippen LogP contribution in [0.2, 0.25) is 0 Å². The van der Waals surface area contributed by atoms with E-state index in [9.17, 15) is 4.21 Å². The zero-order chi connectivity index (χ0) is 13.3. The monoisotopic (exact) mass is 329 g/mol. The van der Waals surface area contributed by atoms with Crippen LogP contribution in [0, 0.1) is 0 Å².